The molecule has 8 rings (SSSR count). The minimum absolute atomic E-state index is 0.248. The van der Waals surface area contributed by atoms with Crippen LogP contribution in [0.2, 0.25) is 0 Å². The fraction of sp³-hybridized carbons (Fsp3) is 0.154. The first-order chi connectivity index (χ1) is 20.8. The first kappa shape index (κ1) is 25.3. The van der Waals surface area contributed by atoms with Crippen LogP contribution in [-0.4, -0.2) is 9.55 Å². The number of fused-ring (bicyclic) bond motifs is 3. The second-order valence-electron chi connectivity index (χ2n) is 11.3. The molecule has 1 atom stereocenters. The molecule has 3 heteroatoms. The molecule has 5 aromatic rings. The fourth-order valence-corrected chi connectivity index (χ4v) is 7.98. The monoisotopic (exact) mass is 560 g/mol. The predicted octanol–water partition coefficient (Wildman–Crippen LogP) is 8.86. The molecule has 3 aliphatic rings. The van der Waals surface area contributed by atoms with Gasteiger partial charge in [-0.25, -0.2) is 4.98 Å². The van der Waals surface area contributed by atoms with Crippen molar-refractivity contribution in [3.8, 4) is 16.9 Å². The van der Waals surface area contributed by atoms with E-state index in [-0.39, 0.29) is 5.92 Å². The van der Waals surface area contributed by atoms with Gasteiger partial charge in [0.2, 0.25) is 0 Å². The van der Waals surface area contributed by atoms with Crippen LogP contribution in [0.1, 0.15) is 55.1 Å². The molecule has 0 bridgehead atoms. The Morgan fingerprint density at radius 3 is 2.52 bits per heavy atom. The van der Waals surface area contributed by atoms with Gasteiger partial charge in [-0.2, -0.15) is 0 Å². The van der Waals surface area contributed by atoms with Gasteiger partial charge in [-0.15, -0.1) is 11.3 Å². The van der Waals surface area contributed by atoms with Crippen molar-refractivity contribution in [3.05, 3.63) is 148 Å². The van der Waals surface area contributed by atoms with Crippen LogP contribution in [0.25, 0.3) is 44.3 Å². The van der Waals surface area contributed by atoms with Gasteiger partial charge in [0.25, 0.3) is 0 Å². The minimum atomic E-state index is 0.248. The Kier molecular flexibility index (Phi) is 6.46. The maximum absolute atomic E-state index is 5.48. The van der Waals surface area contributed by atoms with E-state index in [4.69, 9.17) is 4.98 Å². The lowest BCUT2D eigenvalue weighted by molar-refractivity contribution is 0.824. The van der Waals surface area contributed by atoms with Gasteiger partial charge in [0.15, 0.2) is 0 Å². The van der Waals surface area contributed by atoms with Crippen molar-refractivity contribution in [1.29, 1.82) is 0 Å². The molecular formula is C39H32N2S. The molecule has 3 aromatic carbocycles. The summed E-state index contributed by atoms with van der Waals surface area (Å²) in [7, 11) is 0. The van der Waals surface area contributed by atoms with Crippen LogP contribution in [0, 0.1) is 0 Å². The van der Waals surface area contributed by atoms with Crippen molar-refractivity contribution >= 4 is 38.6 Å². The van der Waals surface area contributed by atoms with Crippen molar-refractivity contribution in [1.82, 2.24) is 9.55 Å². The van der Waals surface area contributed by atoms with Crippen LogP contribution in [0.15, 0.2) is 121 Å². The first-order valence-electron chi connectivity index (χ1n) is 15.0. The molecular weight excluding hydrogens is 529 g/mol. The van der Waals surface area contributed by atoms with Gasteiger partial charge in [-0.1, -0.05) is 109 Å². The van der Waals surface area contributed by atoms with E-state index in [1.165, 1.54) is 53.5 Å². The summed E-state index contributed by atoms with van der Waals surface area (Å²) in [5.41, 5.74) is 8.81. The topological polar surface area (TPSA) is 17.8 Å². The number of benzene rings is 3. The molecule has 0 saturated carbocycles. The average molecular weight is 561 g/mol. The van der Waals surface area contributed by atoms with Crippen LogP contribution in [-0.2, 0) is 0 Å². The molecule has 2 heterocycles. The zero-order valence-corrected chi connectivity index (χ0v) is 24.4. The Balaban J connectivity index is 1.38. The van der Waals surface area contributed by atoms with E-state index in [0.717, 1.165) is 43.6 Å². The first-order valence-corrected chi connectivity index (χ1v) is 15.9. The third-order valence-electron chi connectivity index (χ3n) is 8.69. The predicted molar refractivity (Wildman–Crippen MR) is 178 cm³/mol. The van der Waals surface area contributed by atoms with Crippen LogP contribution >= 0.6 is 11.3 Å². The number of aromatic nitrogens is 2. The Labute approximate surface area is 250 Å². The van der Waals surface area contributed by atoms with Gasteiger partial charge < -0.3 is 0 Å². The van der Waals surface area contributed by atoms with Crippen molar-refractivity contribution < 1.29 is 0 Å². The van der Waals surface area contributed by atoms with Gasteiger partial charge in [-0.05, 0) is 77.6 Å². The number of thiophene rings is 1. The van der Waals surface area contributed by atoms with Crippen molar-refractivity contribution in [2.24, 2.45) is 0 Å². The normalized spacial score (nSPS) is 17.8. The van der Waals surface area contributed by atoms with Crippen molar-refractivity contribution in [2.45, 2.75) is 38.0 Å². The van der Waals surface area contributed by atoms with Crippen LogP contribution < -0.4 is 9.75 Å². The van der Waals surface area contributed by atoms with Gasteiger partial charge in [0.05, 0.1) is 11.4 Å². The average Bonchev–Trinajstić information content (AvgIpc) is 3.66. The van der Waals surface area contributed by atoms with E-state index in [0.29, 0.717) is 0 Å². The van der Waals surface area contributed by atoms with Gasteiger partial charge in [-0.3, -0.25) is 4.57 Å². The van der Waals surface area contributed by atoms with E-state index in [1.54, 1.807) is 0 Å². The molecule has 0 spiro atoms. The summed E-state index contributed by atoms with van der Waals surface area (Å²) in [5.74, 6) is 1.32. The van der Waals surface area contributed by atoms with Crippen molar-refractivity contribution in [2.75, 3.05) is 0 Å². The molecule has 0 radical (unpaired) electrons. The van der Waals surface area contributed by atoms with E-state index >= 15 is 0 Å². The third-order valence-corrected chi connectivity index (χ3v) is 9.93. The summed E-state index contributed by atoms with van der Waals surface area (Å²) in [6, 6.07) is 28.9. The number of imidazole rings is 1. The molecule has 3 aliphatic carbocycles. The second kappa shape index (κ2) is 10.7. The summed E-state index contributed by atoms with van der Waals surface area (Å²) in [5, 5.41) is 2.79. The fourth-order valence-electron chi connectivity index (χ4n) is 6.68. The highest BCUT2D eigenvalue weighted by Crippen LogP contribution is 2.39. The van der Waals surface area contributed by atoms with Gasteiger partial charge in [0, 0.05) is 26.4 Å². The summed E-state index contributed by atoms with van der Waals surface area (Å²) in [6.45, 7) is 0. The molecule has 2 aromatic heterocycles. The zero-order valence-electron chi connectivity index (χ0n) is 23.5. The smallest absolute Gasteiger partial charge is 0.141 e. The Morgan fingerprint density at radius 1 is 0.786 bits per heavy atom. The van der Waals surface area contributed by atoms with E-state index < -0.39 is 0 Å². The number of hydrogen-bond acceptors (Lipinski definition) is 2. The summed E-state index contributed by atoms with van der Waals surface area (Å²) < 4.78 is 5.25. The standard InChI is InChI=1S/C39H32N2S/c1-4-14-27(15-5-1)36-37(28-16-6-2-7-17-28)41(39(40-36)29-18-8-3-9-19-29)31-21-12-20-30(26-31)32-23-13-24-34-33-22-10-11-25-35(33)42-38(32)34/h1-8,10-12,14,16-18,20-22,24-27H,9,13,15,19,23H2. The summed E-state index contributed by atoms with van der Waals surface area (Å²) >= 11 is 1.93. The Bertz CT molecular complexity index is 2060. The lowest BCUT2D eigenvalue weighted by Gasteiger charge is -2.18. The number of nitrogens with zero attached hydrogens (tertiary/aromatic N) is 2. The number of allylic oxidation sites excluding steroid dienone is 8. The largest absolute Gasteiger partial charge is 0.292 e. The molecule has 0 amide bonds. The minimum Gasteiger partial charge on any atom is -0.292 e. The SMILES string of the molecule is C1=CCCC(c2nc(C3C=CC=CC3)c(-c3ccccc3)n2-c2cccc(C3=c4sc5ccccc5c4=CCC3)c2)=C1. The Morgan fingerprint density at radius 2 is 1.67 bits per heavy atom. The van der Waals surface area contributed by atoms with E-state index in [2.05, 4.69) is 132 Å². The number of hydrogen-bond donors (Lipinski definition) is 0. The molecule has 42 heavy (non-hydrogen) atoms. The van der Waals surface area contributed by atoms with Crippen LogP contribution in [0.5, 0.6) is 0 Å². The quantitative estimate of drug-likeness (QED) is 0.210. The maximum atomic E-state index is 5.48. The second-order valence-corrected chi connectivity index (χ2v) is 12.3. The molecule has 1 unspecified atom stereocenters. The highest BCUT2D eigenvalue weighted by atomic mass is 32.1. The maximum Gasteiger partial charge on any atom is 0.141 e. The highest BCUT2D eigenvalue weighted by Gasteiger charge is 2.27. The molecule has 0 fully saturated rings. The van der Waals surface area contributed by atoms with Gasteiger partial charge >= 0.3 is 0 Å². The third kappa shape index (κ3) is 4.36. The lowest BCUT2D eigenvalue weighted by atomic mass is 9.93. The summed E-state index contributed by atoms with van der Waals surface area (Å²) in [6.07, 6.45) is 23.2. The Hall–Kier alpha value is -4.47. The van der Waals surface area contributed by atoms with E-state index in [9.17, 15) is 0 Å². The van der Waals surface area contributed by atoms with Crippen LogP contribution in [0.3, 0.4) is 0 Å². The molecule has 0 saturated heterocycles. The van der Waals surface area contributed by atoms with Gasteiger partial charge in [0.1, 0.15) is 5.82 Å². The summed E-state index contributed by atoms with van der Waals surface area (Å²) in [4.78, 5) is 5.48. The van der Waals surface area contributed by atoms with Crippen LogP contribution in [0.4, 0.5) is 0 Å². The van der Waals surface area contributed by atoms with E-state index in [1.807, 2.05) is 11.3 Å². The number of rotatable bonds is 5. The molecule has 2 nitrogen and oxygen atoms in total. The highest BCUT2D eigenvalue weighted by molar-refractivity contribution is 7.17. The molecule has 0 aliphatic heterocycles. The zero-order chi connectivity index (χ0) is 27.9. The lowest BCUT2D eigenvalue weighted by Crippen LogP contribution is -2.25. The molecule has 204 valence electrons. The molecule has 0 N–H and O–H groups in total. The van der Waals surface area contributed by atoms with Crippen molar-refractivity contribution in [3.63, 3.8) is 0 Å².